The summed E-state index contributed by atoms with van der Waals surface area (Å²) in [6, 6.07) is 10.9. The molecule has 1 aromatic heterocycles. The highest BCUT2D eigenvalue weighted by Gasteiger charge is 2.40. The van der Waals surface area contributed by atoms with Gasteiger partial charge in [-0.15, -0.1) is 0 Å². The molecule has 2 heterocycles. The van der Waals surface area contributed by atoms with Crippen molar-refractivity contribution in [1.82, 2.24) is 10.3 Å². The number of anilines is 1. The molecule has 1 fully saturated rings. The zero-order chi connectivity index (χ0) is 19.6. The van der Waals surface area contributed by atoms with Gasteiger partial charge in [0.2, 0.25) is 0 Å². The molecular formula is C22H21N3O3. The maximum Gasteiger partial charge on any atom is 0.251 e. The Balaban J connectivity index is 1.63. The number of fused-ring (bicyclic) bond motifs is 4. The molecule has 6 nitrogen and oxygen atoms in total. The lowest BCUT2D eigenvalue weighted by atomic mass is 9.71. The number of H-pyrrole nitrogens is 1. The molecule has 6 heteroatoms. The van der Waals surface area contributed by atoms with Crippen molar-refractivity contribution in [3.63, 3.8) is 0 Å². The van der Waals surface area contributed by atoms with Crippen molar-refractivity contribution in [3.05, 3.63) is 64.3 Å². The monoisotopic (exact) mass is 375 g/mol. The first-order valence-electron chi connectivity index (χ1n) is 9.36. The van der Waals surface area contributed by atoms with Crippen molar-refractivity contribution in [2.75, 3.05) is 18.9 Å². The van der Waals surface area contributed by atoms with Gasteiger partial charge >= 0.3 is 0 Å². The van der Waals surface area contributed by atoms with Gasteiger partial charge in [0.1, 0.15) is 0 Å². The molecule has 0 bridgehead atoms. The van der Waals surface area contributed by atoms with Crippen LogP contribution < -0.4 is 11.1 Å². The summed E-state index contributed by atoms with van der Waals surface area (Å²) in [5.74, 6) is -0.172. The maximum atomic E-state index is 13.3. The van der Waals surface area contributed by atoms with Crippen LogP contribution >= 0.6 is 0 Å². The molecule has 2 aromatic carbocycles. The first-order chi connectivity index (χ1) is 13.4. The van der Waals surface area contributed by atoms with Gasteiger partial charge in [-0.1, -0.05) is 19.9 Å². The summed E-state index contributed by atoms with van der Waals surface area (Å²) < 4.78 is 5.11. The lowest BCUT2D eigenvalue weighted by molar-refractivity contribution is -0.00346. The molecule has 1 aliphatic heterocycles. The number of aromatic amines is 1. The Kier molecular flexibility index (Phi) is 3.46. The minimum Gasteiger partial charge on any atom is -0.399 e. The topological polar surface area (TPSA) is 97.2 Å². The van der Waals surface area contributed by atoms with Gasteiger partial charge in [0, 0.05) is 38.8 Å². The standard InChI is InChI=1S/C22H21N3O3/c1-22(2)16-7-11(21(27)24-13-9-28-10-13)3-5-14(16)19(26)18-15-6-4-12(23)8-17(15)25-20(18)22/h3-8,13,25H,9-10,23H2,1-2H3,(H,24,27). The van der Waals surface area contributed by atoms with Crippen LogP contribution in [0.1, 0.15) is 51.4 Å². The SMILES string of the molecule is CC1(C)c2cc(C(=O)NC3COC3)ccc2C(=O)c2c1[nH]c1cc(N)ccc21. The highest BCUT2D eigenvalue weighted by atomic mass is 16.5. The van der Waals surface area contributed by atoms with E-state index >= 15 is 0 Å². The van der Waals surface area contributed by atoms with Gasteiger partial charge in [-0.05, 0) is 35.9 Å². The smallest absolute Gasteiger partial charge is 0.251 e. The summed E-state index contributed by atoms with van der Waals surface area (Å²) >= 11 is 0. The van der Waals surface area contributed by atoms with Crippen LogP contribution in [0.2, 0.25) is 0 Å². The average molecular weight is 375 g/mol. The molecule has 0 saturated carbocycles. The first-order valence-corrected chi connectivity index (χ1v) is 9.36. The van der Waals surface area contributed by atoms with Crippen LogP contribution in [0, 0.1) is 0 Å². The molecule has 3 aromatic rings. The van der Waals surface area contributed by atoms with E-state index in [2.05, 4.69) is 24.1 Å². The molecule has 1 aliphatic carbocycles. The van der Waals surface area contributed by atoms with Crippen molar-refractivity contribution >= 4 is 28.3 Å². The molecule has 0 unspecified atom stereocenters. The minimum atomic E-state index is -0.456. The molecule has 142 valence electrons. The number of nitrogen functional groups attached to an aromatic ring is 1. The molecule has 1 saturated heterocycles. The molecule has 0 radical (unpaired) electrons. The number of hydrogen-bond donors (Lipinski definition) is 3. The van der Waals surface area contributed by atoms with Crippen molar-refractivity contribution in [1.29, 1.82) is 0 Å². The summed E-state index contributed by atoms with van der Waals surface area (Å²) in [5.41, 5.74) is 10.5. The van der Waals surface area contributed by atoms with E-state index in [9.17, 15) is 9.59 Å². The molecule has 5 rings (SSSR count). The van der Waals surface area contributed by atoms with Gasteiger partial charge in [-0.3, -0.25) is 9.59 Å². The van der Waals surface area contributed by atoms with Crippen molar-refractivity contribution in [3.8, 4) is 0 Å². The van der Waals surface area contributed by atoms with Crippen LogP contribution in [-0.4, -0.2) is 35.9 Å². The molecule has 2 aliphatic rings. The number of hydrogen-bond acceptors (Lipinski definition) is 4. The van der Waals surface area contributed by atoms with E-state index < -0.39 is 5.41 Å². The van der Waals surface area contributed by atoms with E-state index in [1.54, 1.807) is 12.1 Å². The Hall–Kier alpha value is -3.12. The van der Waals surface area contributed by atoms with E-state index in [-0.39, 0.29) is 17.7 Å². The number of aromatic nitrogens is 1. The fraction of sp³-hybridized carbons (Fsp3) is 0.273. The van der Waals surface area contributed by atoms with E-state index in [0.29, 0.717) is 35.6 Å². The predicted molar refractivity (Wildman–Crippen MR) is 107 cm³/mol. The van der Waals surface area contributed by atoms with E-state index in [0.717, 1.165) is 22.2 Å². The fourth-order valence-electron chi connectivity index (χ4n) is 4.18. The quantitative estimate of drug-likeness (QED) is 0.600. The van der Waals surface area contributed by atoms with Crippen LogP contribution in [0.4, 0.5) is 5.69 Å². The summed E-state index contributed by atoms with van der Waals surface area (Å²) in [6.07, 6.45) is 0. The lowest BCUT2D eigenvalue weighted by Gasteiger charge is -2.32. The largest absolute Gasteiger partial charge is 0.399 e. The predicted octanol–water partition coefficient (Wildman–Crippen LogP) is 2.75. The number of ketones is 1. The number of nitrogens with one attached hydrogen (secondary N) is 2. The number of rotatable bonds is 2. The number of amides is 1. The number of nitrogens with two attached hydrogens (primary N) is 1. The number of carbonyl (C=O) groups is 2. The Bertz CT molecular complexity index is 1160. The first kappa shape index (κ1) is 17.0. The van der Waals surface area contributed by atoms with Gasteiger partial charge in [0.25, 0.3) is 5.91 Å². The summed E-state index contributed by atoms with van der Waals surface area (Å²) in [7, 11) is 0. The highest BCUT2D eigenvalue weighted by molar-refractivity contribution is 6.20. The Morgan fingerprint density at radius 2 is 2.00 bits per heavy atom. The summed E-state index contributed by atoms with van der Waals surface area (Å²) in [5, 5.41) is 3.83. The van der Waals surface area contributed by atoms with E-state index in [1.807, 2.05) is 24.3 Å². The summed E-state index contributed by atoms with van der Waals surface area (Å²) in [4.78, 5) is 29.3. The second kappa shape index (κ2) is 5.69. The highest BCUT2D eigenvalue weighted by Crippen LogP contribution is 2.44. The Morgan fingerprint density at radius 1 is 1.21 bits per heavy atom. The Labute approximate surface area is 162 Å². The zero-order valence-electron chi connectivity index (χ0n) is 15.8. The van der Waals surface area contributed by atoms with E-state index in [4.69, 9.17) is 10.5 Å². The zero-order valence-corrected chi connectivity index (χ0v) is 15.8. The van der Waals surface area contributed by atoms with Crippen molar-refractivity contribution in [2.24, 2.45) is 0 Å². The molecular weight excluding hydrogens is 354 g/mol. The van der Waals surface area contributed by atoms with Gasteiger partial charge in [-0.2, -0.15) is 0 Å². The third kappa shape index (κ3) is 2.31. The van der Waals surface area contributed by atoms with Crippen LogP contribution in [0.25, 0.3) is 10.9 Å². The lowest BCUT2D eigenvalue weighted by Crippen LogP contribution is -2.48. The van der Waals surface area contributed by atoms with Crippen LogP contribution in [0.5, 0.6) is 0 Å². The average Bonchev–Trinajstić information content (AvgIpc) is 3.02. The van der Waals surface area contributed by atoms with Crippen LogP contribution in [0.3, 0.4) is 0 Å². The molecule has 0 spiro atoms. The molecule has 1 amide bonds. The number of ether oxygens (including phenoxy) is 1. The third-order valence-electron chi connectivity index (χ3n) is 5.85. The van der Waals surface area contributed by atoms with Crippen molar-refractivity contribution < 1.29 is 14.3 Å². The van der Waals surface area contributed by atoms with Crippen LogP contribution in [-0.2, 0) is 10.2 Å². The normalized spacial score (nSPS) is 17.7. The Morgan fingerprint density at radius 3 is 2.71 bits per heavy atom. The van der Waals surface area contributed by atoms with Crippen molar-refractivity contribution in [2.45, 2.75) is 25.3 Å². The van der Waals surface area contributed by atoms with E-state index in [1.165, 1.54) is 0 Å². The van der Waals surface area contributed by atoms with Gasteiger partial charge in [0.15, 0.2) is 5.78 Å². The third-order valence-corrected chi connectivity index (χ3v) is 5.85. The molecule has 4 N–H and O–H groups in total. The van der Waals surface area contributed by atoms with Gasteiger partial charge in [0.05, 0.1) is 24.8 Å². The number of benzene rings is 2. The number of carbonyl (C=O) groups excluding carboxylic acids is 2. The van der Waals surface area contributed by atoms with Gasteiger partial charge in [-0.25, -0.2) is 0 Å². The molecule has 0 atom stereocenters. The maximum absolute atomic E-state index is 13.3. The second-order valence-corrected chi connectivity index (χ2v) is 8.10. The second-order valence-electron chi connectivity index (χ2n) is 8.10. The molecule has 28 heavy (non-hydrogen) atoms. The van der Waals surface area contributed by atoms with Crippen LogP contribution in [0.15, 0.2) is 36.4 Å². The fourth-order valence-corrected chi connectivity index (χ4v) is 4.18. The minimum absolute atomic E-state index is 0.0281. The summed E-state index contributed by atoms with van der Waals surface area (Å²) in [6.45, 7) is 5.22. The van der Waals surface area contributed by atoms with Gasteiger partial charge < -0.3 is 20.8 Å².